The van der Waals surface area contributed by atoms with Gasteiger partial charge in [0.15, 0.2) is 0 Å². The summed E-state index contributed by atoms with van der Waals surface area (Å²) >= 11 is 0. The average molecular weight is 330 g/mol. The number of carbonyl (C=O) groups excluding carboxylic acids is 1. The summed E-state index contributed by atoms with van der Waals surface area (Å²) in [5, 5.41) is 11.9. The number of piperidine rings is 1. The fraction of sp³-hybridized carbons (Fsp3) is 0.500. The lowest BCUT2D eigenvalue weighted by atomic mass is 9.98. The van der Waals surface area contributed by atoms with E-state index >= 15 is 0 Å². The van der Waals surface area contributed by atoms with Gasteiger partial charge in [-0.15, -0.1) is 5.10 Å². The van der Waals surface area contributed by atoms with Crippen LogP contribution in [0.25, 0.3) is 6.08 Å². The Morgan fingerprint density at radius 2 is 2.42 bits per heavy atom. The van der Waals surface area contributed by atoms with E-state index in [0.29, 0.717) is 18.2 Å². The molecular weight excluding hydrogens is 308 g/mol. The van der Waals surface area contributed by atoms with Crippen LogP contribution in [0.4, 0.5) is 0 Å². The van der Waals surface area contributed by atoms with E-state index in [4.69, 9.17) is 10.3 Å². The number of likely N-dealkylation sites (tertiary alicyclic amines) is 1. The molecule has 2 aromatic rings. The largest absolute Gasteiger partial charge is 0.361 e. The molecule has 1 aliphatic heterocycles. The minimum atomic E-state index is 0.00147. The second-order valence-electron chi connectivity index (χ2n) is 6.12. The molecule has 2 aromatic heterocycles. The zero-order valence-electron chi connectivity index (χ0n) is 13.8. The lowest BCUT2D eigenvalue weighted by molar-refractivity contribution is -0.127. The molecule has 0 spiro atoms. The van der Waals surface area contributed by atoms with Crippen molar-refractivity contribution in [2.24, 2.45) is 11.7 Å². The molecule has 128 valence electrons. The van der Waals surface area contributed by atoms with Crippen molar-refractivity contribution < 1.29 is 9.32 Å². The number of aromatic nitrogens is 4. The molecule has 1 fully saturated rings. The molecule has 2 N–H and O–H groups in total. The third-order valence-corrected chi connectivity index (χ3v) is 4.11. The lowest BCUT2D eigenvalue weighted by Gasteiger charge is -2.31. The predicted molar refractivity (Wildman–Crippen MR) is 87.5 cm³/mol. The SMILES string of the molecule is Cc1cc(/C=C/C(=O)N2CCC[C@@H](Cn3cc(CN)nn3)C2)no1. The molecule has 8 heteroatoms. The summed E-state index contributed by atoms with van der Waals surface area (Å²) in [6.07, 6.45) is 7.18. The highest BCUT2D eigenvalue weighted by atomic mass is 16.5. The van der Waals surface area contributed by atoms with Gasteiger partial charge >= 0.3 is 0 Å². The zero-order chi connectivity index (χ0) is 16.9. The molecule has 3 rings (SSSR count). The van der Waals surface area contributed by atoms with E-state index in [1.165, 1.54) is 0 Å². The number of aryl methyl sites for hydroxylation is 1. The third-order valence-electron chi connectivity index (χ3n) is 4.11. The van der Waals surface area contributed by atoms with E-state index in [1.807, 2.05) is 22.7 Å². The molecular formula is C16H22N6O2. The molecule has 8 nitrogen and oxygen atoms in total. The van der Waals surface area contributed by atoms with Gasteiger partial charge in [0.1, 0.15) is 11.5 Å². The zero-order valence-corrected chi connectivity index (χ0v) is 13.8. The summed E-state index contributed by atoms with van der Waals surface area (Å²) in [5.41, 5.74) is 6.99. The number of amides is 1. The maximum atomic E-state index is 12.4. The Labute approximate surface area is 140 Å². The van der Waals surface area contributed by atoms with Crippen LogP contribution < -0.4 is 5.73 Å². The fourth-order valence-corrected chi connectivity index (χ4v) is 2.93. The minimum absolute atomic E-state index is 0.00147. The van der Waals surface area contributed by atoms with E-state index in [9.17, 15) is 4.79 Å². The van der Waals surface area contributed by atoms with Crippen molar-refractivity contribution >= 4 is 12.0 Å². The maximum Gasteiger partial charge on any atom is 0.246 e. The predicted octanol–water partition coefficient (Wildman–Crippen LogP) is 0.985. The van der Waals surface area contributed by atoms with Crippen LogP contribution in [0.2, 0.25) is 0 Å². The molecule has 0 aliphatic carbocycles. The molecule has 24 heavy (non-hydrogen) atoms. The van der Waals surface area contributed by atoms with Crippen molar-refractivity contribution in [1.29, 1.82) is 0 Å². The van der Waals surface area contributed by atoms with Gasteiger partial charge in [-0.1, -0.05) is 10.4 Å². The molecule has 0 aromatic carbocycles. The van der Waals surface area contributed by atoms with E-state index in [-0.39, 0.29) is 5.91 Å². The average Bonchev–Trinajstić information content (AvgIpc) is 3.21. The van der Waals surface area contributed by atoms with Crippen LogP contribution >= 0.6 is 0 Å². The molecule has 1 amide bonds. The maximum absolute atomic E-state index is 12.4. The van der Waals surface area contributed by atoms with Crippen molar-refractivity contribution in [2.45, 2.75) is 32.9 Å². The van der Waals surface area contributed by atoms with Crippen LogP contribution in [-0.4, -0.2) is 44.0 Å². The number of nitrogens with zero attached hydrogens (tertiary/aromatic N) is 5. The Morgan fingerprint density at radius 1 is 1.54 bits per heavy atom. The van der Waals surface area contributed by atoms with E-state index in [2.05, 4.69) is 15.5 Å². The Bertz CT molecular complexity index is 720. The van der Waals surface area contributed by atoms with Gasteiger partial charge in [0.05, 0.1) is 5.69 Å². The lowest BCUT2D eigenvalue weighted by Crippen LogP contribution is -2.40. The number of nitrogens with two attached hydrogens (primary N) is 1. The van der Waals surface area contributed by atoms with E-state index in [0.717, 1.165) is 43.9 Å². The Balaban J connectivity index is 1.56. The van der Waals surface area contributed by atoms with E-state index < -0.39 is 0 Å². The molecule has 0 unspecified atom stereocenters. The van der Waals surface area contributed by atoms with Crippen molar-refractivity contribution in [1.82, 2.24) is 25.1 Å². The van der Waals surface area contributed by atoms with Crippen molar-refractivity contribution in [3.63, 3.8) is 0 Å². The molecule has 0 saturated carbocycles. The number of hydrogen-bond donors (Lipinski definition) is 1. The van der Waals surface area contributed by atoms with Crippen molar-refractivity contribution in [3.05, 3.63) is 35.5 Å². The molecule has 3 heterocycles. The van der Waals surface area contributed by atoms with Crippen LogP contribution in [-0.2, 0) is 17.9 Å². The molecule has 1 saturated heterocycles. The summed E-state index contributed by atoms with van der Waals surface area (Å²) in [6.45, 7) is 4.47. The highest BCUT2D eigenvalue weighted by Crippen LogP contribution is 2.18. The number of hydrogen-bond acceptors (Lipinski definition) is 6. The third kappa shape index (κ3) is 4.08. The second-order valence-corrected chi connectivity index (χ2v) is 6.12. The van der Waals surface area contributed by atoms with Crippen molar-refractivity contribution in [3.8, 4) is 0 Å². The number of carbonyl (C=O) groups is 1. The first-order valence-corrected chi connectivity index (χ1v) is 8.13. The van der Waals surface area contributed by atoms with Crippen LogP contribution in [0.3, 0.4) is 0 Å². The summed E-state index contributed by atoms with van der Waals surface area (Å²) < 4.78 is 6.80. The summed E-state index contributed by atoms with van der Waals surface area (Å²) in [5.74, 6) is 1.10. The quantitative estimate of drug-likeness (QED) is 0.820. The van der Waals surface area contributed by atoms with Crippen LogP contribution in [0, 0.1) is 12.8 Å². The van der Waals surface area contributed by atoms with Crippen LogP contribution in [0.5, 0.6) is 0 Å². The van der Waals surface area contributed by atoms with Gasteiger partial charge in [-0.05, 0) is 31.8 Å². The van der Waals surface area contributed by atoms with Crippen molar-refractivity contribution in [2.75, 3.05) is 13.1 Å². The minimum Gasteiger partial charge on any atom is -0.361 e. The normalized spacial score (nSPS) is 18.4. The summed E-state index contributed by atoms with van der Waals surface area (Å²) in [6, 6.07) is 1.79. The highest BCUT2D eigenvalue weighted by molar-refractivity contribution is 5.91. The summed E-state index contributed by atoms with van der Waals surface area (Å²) in [7, 11) is 0. The smallest absolute Gasteiger partial charge is 0.246 e. The molecule has 1 aliphatic rings. The van der Waals surface area contributed by atoms with E-state index in [1.54, 1.807) is 18.2 Å². The second kappa shape index (κ2) is 7.39. The number of rotatable bonds is 5. The van der Waals surface area contributed by atoms with Gasteiger partial charge in [-0.25, -0.2) is 0 Å². The van der Waals surface area contributed by atoms with Gasteiger partial charge in [-0.2, -0.15) is 0 Å². The van der Waals surface area contributed by atoms with Gasteiger partial charge in [0, 0.05) is 44.5 Å². The Hall–Kier alpha value is -2.48. The Morgan fingerprint density at radius 3 is 3.12 bits per heavy atom. The van der Waals surface area contributed by atoms with Crippen LogP contribution in [0.15, 0.2) is 22.9 Å². The first-order chi connectivity index (χ1) is 11.6. The first-order valence-electron chi connectivity index (χ1n) is 8.13. The fourth-order valence-electron chi connectivity index (χ4n) is 2.93. The molecule has 1 atom stereocenters. The highest BCUT2D eigenvalue weighted by Gasteiger charge is 2.23. The topological polar surface area (TPSA) is 103 Å². The first kappa shape index (κ1) is 16.4. The van der Waals surface area contributed by atoms with Gasteiger partial charge in [-0.3, -0.25) is 9.48 Å². The van der Waals surface area contributed by atoms with Gasteiger partial charge < -0.3 is 15.2 Å². The summed E-state index contributed by atoms with van der Waals surface area (Å²) in [4.78, 5) is 14.2. The monoisotopic (exact) mass is 330 g/mol. The molecule has 0 bridgehead atoms. The van der Waals surface area contributed by atoms with Gasteiger partial charge in [0.25, 0.3) is 0 Å². The van der Waals surface area contributed by atoms with Crippen LogP contribution in [0.1, 0.15) is 30.0 Å². The molecule has 0 radical (unpaired) electrons. The standard InChI is InChI=1S/C16H22N6O2/c1-12-7-14(19-24-12)4-5-16(23)21-6-2-3-13(9-21)10-22-11-15(8-17)18-20-22/h4-5,7,11,13H,2-3,6,8-10,17H2,1H3/b5-4+/t13-/m1/s1. The Kier molecular flexibility index (Phi) is 5.05. The van der Waals surface area contributed by atoms with Gasteiger partial charge in [0.2, 0.25) is 5.91 Å².